The summed E-state index contributed by atoms with van der Waals surface area (Å²) in [6.07, 6.45) is 0. The van der Waals surface area contributed by atoms with Crippen molar-refractivity contribution in [3.8, 4) is 5.75 Å². The largest absolute Gasteiger partial charge is 0.464 e. The van der Waals surface area contributed by atoms with Crippen LogP contribution in [-0.4, -0.2) is 22.5 Å². The Kier molecular flexibility index (Phi) is 6.08. The summed E-state index contributed by atoms with van der Waals surface area (Å²) in [5.41, 5.74) is 1.72. The first-order valence-corrected chi connectivity index (χ1v) is 8.36. The maximum absolute atomic E-state index is 11.9. The van der Waals surface area contributed by atoms with Gasteiger partial charge < -0.3 is 13.9 Å². The summed E-state index contributed by atoms with van der Waals surface area (Å²) >= 11 is 0.762. The van der Waals surface area contributed by atoms with Crippen LogP contribution in [-0.2, 0) is 16.7 Å². The van der Waals surface area contributed by atoms with Gasteiger partial charge in [0.2, 0.25) is 12.2 Å². The zero-order chi connectivity index (χ0) is 18.4. The lowest BCUT2D eigenvalue weighted by molar-refractivity contribution is 0.0592. The van der Waals surface area contributed by atoms with Gasteiger partial charge in [0.05, 0.1) is 18.9 Å². The van der Waals surface area contributed by atoms with Crippen LogP contribution in [0.25, 0.3) is 0 Å². The number of carbonyl (C=O) groups is 1. The van der Waals surface area contributed by atoms with Crippen molar-refractivity contribution in [3.05, 3.63) is 58.3 Å². The van der Waals surface area contributed by atoms with Crippen molar-refractivity contribution in [3.63, 3.8) is 0 Å². The molecule has 0 unspecified atom stereocenters. The summed E-state index contributed by atoms with van der Waals surface area (Å²) in [4.78, 5) is 26.0. The van der Waals surface area contributed by atoms with Gasteiger partial charge in [-0.15, -0.1) is 4.91 Å². The minimum atomic E-state index is -0.542. The summed E-state index contributed by atoms with van der Waals surface area (Å²) in [6.45, 7) is 6.29. The third kappa shape index (κ3) is 4.99. The van der Waals surface area contributed by atoms with Gasteiger partial charge >= 0.3 is 5.97 Å². The van der Waals surface area contributed by atoms with Gasteiger partial charge in [-0.25, -0.2) is 4.79 Å². The predicted octanol–water partition coefficient (Wildman–Crippen LogP) is 4.22. The van der Waals surface area contributed by atoms with Crippen LogP contribution in [0.4, 0.5) is 0 Å². The topological polar surface area (TPSA) is 84.0 Å². The first kappa shape index (κ1) is 18.9. The lowest BCUT2D eigenvalue weighted by Crippen LogP contribution is -2.12. The second-order valence-electron chi connectivity index (χ2n) is 6.40. The molecule has 0 spiro atoms. The Morgan fingerprint density at radius 2 is 1.96 bits per heavy atom. The van der Waals surface area contributed by atoms with E-state index in [2.05, 4.69) is 10.3 Å². The van der Waals surface area contributed by atoms with Gasteiger partial charge in [-0.05, 0) is 5.56 Å². The molecule has 2 aromatic rings. The molecule has 134 valence electrons. The molecule has 0 radical (unpaired) electrons. The fourth-order valence-corrected chi connectivity index (χ4v) is 2.58. The quantitative estimate of drug-likeness (QED) is 0.261. The van der Waals surface area contributed by atoms with E-state index < -0.39 is 5.97 Å². The molecular weight excluding hydrogens is 342 g/mol. The van der Waals surface area contributed by atoms with Gasteiger partial charge in [0.15, 0.2) is 11.4 Å². The molecule has 7 nitrogen and oxygen atoms in total. The van der Waals surface area contributed by atoms with Crippen LogP contribution in [0.15, 0.2) is 41.7 Å². The average Bonchev–Trinajstić information content (AvgIpc) is 3.03. The maximum Gasteiger partial charge on any atom is 0.358 e. The number of benzene rings is 1. The second kappa shape index (κ2) is 8.06. The fraction of sp³-hybridized carbons (Fsp3) is 0.353. The number of nitroso groups, excluding NO2 is 1. The van der Waals surface area contributed by atoms with E-state index in [9.17, 15) is 9.70 Å². The highest BCUT2D eigenvalue weighted by Crippen LogP contribution is 2.32. The zero-order valence-corrected chi connectivity index (χ0v) is 15.4. The van der Waals surface area contributed by atoms with Crippen molar-refractivity contribution in [1.29, 1.82) is 0 Å². The molecule has 1 heterocycles. The van der Waals surface area contributed by atoms with Crippen LogP contribution in [0.1, 0.15) is 42.5 Å². The van der Waals surface area contributed by atoms with E-state index >= 15 is 0 Å². The summed E-state index contributed by atoms with van der Waals surface area (Å²) in [7, 11) is 1.30. The van der Waals surface area contributed by atoms with Crippen molar-refractivity contribution in [2.75, 3.05) is 7.11 Å². The third-order valence-electron chi connectivity index (χ3n) is 3.44. The number of methoxy groups -OCH3 is 1. The van der Waals surface area contributed by atoms with Crippen molar-refractivity contribution >= 4 is 18.2 Å². The van der Waals surface area contributed by atoms with Crippen LogP contribution in [0.2, 0.25) is 0 Å². The molecule has 0 amide bonds. The van der Waals surface area contributed by atoms with Gasteiger partial charge in [-0.3, -0.25) is 0 Å². The Bertz CT molecular complexity index is 725. The summed E-state index contributed by atoms with van der Waals surface area (Å²) in [6, 6.07) is 11.1. The maximum atomic E-state index is 11.9. The number of rotatable bonds is 7. The van der Waals surface area contributed by atoms with E-state index in [1.165, 1.54) is 7.11 Å². The second-order valence-corrected chi connectivity index (χ2v) is 7.14. The summed E-state index contributed by atoms with van der Waals surface area (Å²) in [5.74, 6) is -0.247. The standard InChI is InChI=1S/C17H21N3O4S/c1-17(2,3)14-10-13(15(18-14)16(21)23-4)24-25-20(19-22)11-12-8-6-5-7-9-12/h5-10,18H,11H2,1-4H3. The number of hydrogen-bond acceptors (Lipinski definition) is 6. The Hall–Kier alpha value is -2.48. The number of nitrogens with zero attached hydrogens (tertiary/aromatic N) is 2. The molecule has 0 saturated carbocycles. The van der Waals surface area contributed by atoms with Crippen LogP contribution < -0.4 is 4.18 Å². The van der Waals surface area contributed by atoms with Crippen molar-refractivity contribution in [2.45, 2.75) is 32.7 Å². The molecule has 0 bridgehead atoms. The van der Waals surface area contributed by atoms with E-state index in [4.69, 9.17) is 8.92 Å². The number of nitrogens with one attached hydrogen (secondary N) is 1. The highest BCUT2D eigenvalue weighted by atomic mass is 32.2. The average molecular weight is 363 g/mol. The molecular formula is C17H21N3O4S. The Balaban J connectivity index is 2.13. The Labute approximate surface area is 151 Å². The number of ether oxygens (including phenoxy) is 1. The van der Waals surface area contributed by atoms with Crippen LogP contribution in [0, 0.1) is 4.91 Å². The number of aromatic amines is 1. The van der Waals surface area contributed by atoms with Crippen molar-refractivity contribution < 1.29 is 13.7 Å². The smallest absolute Gasteiger partial charge is 0.358 e. The molecule has 0 aliphatic rings. The van der Waals surface area contributed by atoms with Crippen molar-refractivity contribution in [1.82, 2.24) is 9.40 Å². The molecule has 0 saturated heterocycles. The monoisotopic (exact) mass is 363 g/mol. The number of hydrogen-bond donors (Lipinski definition) is 1. The predicted molar refractivity (Wildman–Crippen MR) is 96.8 cm³/mol. The van der Waals surface area contributed by atoms with Crippen molar-refractivity contribution in [2.24, 2.45) is 5.29 Å². The molecule has 2 rings (SSSR count). The minimum absolute atomic E-state index is 0.200. The fourth-order valence-electron chi connectivity index (χ4n) is 2.05. The van der Waals surface area contributed by atoms with E-state index in [-0.39, 0.29) is 17.7 Å². The minimum Gasteiger partial charge on any atom is -0.464 e. The molecule has 1 aromatic carbocycles. The van der Waals surface area contributed by atoms with Crippen LogP contribution in [0.5, 0.6) is 5.75 Å². The number of aromatic nitrogens is 1. The molecule has 0 aliphatic carbocycles. The molecule has 25 heavy (non-hydrogen) atoms. The van der Waals surface area contributed by atoms with Gasteiger partial charge in [-0.1, -0.05) is 51.1 Å². The molecule has 1 aromatic heterocycles. The summed E-state index contributed by atoms with van der Waals surface area (Å²) in [5, 5.41) is 2.94. The van der Waals surface area contributed by atoms with E-state index in [1.807, 2.05) is 51.1 Å². The highest BCUT2D eigenvalue weighted by molar-refractivity contribution is 7.92. The molecule has 1 N–H and O–H groups in total. The first-order chi connectivity index (χ1) is 11.8. The summed E-state index contributed by atoms with van der Waals surface area (Å²) < 4.78 is 11.5. The molecule has 0 fully saturated rings. The van der Waals surface area contributed by atoms with Gasteiger partial charge in [0.25, 0.3) is 0 Å². The Morgan fingerprint density at radius 3 is 2.52 bits per heavy atom. The normalized spacial score (nSPS) is 11.0. The number of esters is 1. The Morgan fingerprint density at radius 1 is 1.28 bits per heavy atom. The van der Waals surface area contributed by atoms with E-state index in [1.54, 1.807) is 6.07 Å². The lowest BCUT2D eigenvalue weighted by Gasteiger charge is -2.15. The SMILES string of the molecule is COC(=O)c1[nH]c(C(C)(C)C)cc1OSN(Cc1ccccc1)N=O. The molecule has 0 atom stereocenters. The third-order valence-corrected chi connectivity index (χ3v) is 4.07. The number of H-pyrrole nitrogens is 1. The molecule has 8 heteroatoms. The van der Waals surface area contributed by atoms with E-state index in [0.29, 0.717) is 5.75 Å². The lowest BCUT2D eigenvalue weighted by atomic mass is 9.93. The van der Waals surface area contributed by atoms with Crippen LogP contribution in [0.3, 0.4) is 0 Å². The highest BCUT2D eigenvalue weighted by Gasteiger charge is 2.24. The van der Waals surface area contributed by atoms with Gasteiger partial charge in [-0.2, -0.15) is 4.41 Å². The zero-order valence-electron chi connectivity index (χ0n) is 14.6. The molecule has 0 aliphatic heterocycles. The number of carbonyl (C=O) groups excluding carboxylic acids is 1. The van der Waals surface area contributed by atoms with E-state index in [0.717, 1.165) is 27.9 Å². The van der Waals surface area contributed by atoms with Crippen LogP contribution >= 0.6 is 12.2 Å². The van der Waals surface area contributed by atoms with Gasteiger partial charge in [0.1, 0.15) is 0 Å². The van der Waals surface area contributed by atoms with Gasteiger partial charge in [0, 0.05) is 17.2 Å². The first-order valence-electron chi connectivity index (χ1n) is 7.66.